The van der Waals surface area contributed by atoms with Gasteiger partial charge in [-0.2, -0.15) is 4.80 Å². The molecule has 0 N–H and O–H groups in total. The minimum atomic E-state index is -0.665. The smallest absolute Gasteiger partial charge is 0.355 e. The number of esters is 2. The number of aromatic nitrogens is 3. The Kier molecular flexibility index (Phi) is 5.62. The van der Waals surface area contributed by atoms with Gasteiger partial charge < -0.3 is 19.1 Å². The number of aryl methyl sites for hydroxylation is 1. The van der Waals surface area contributed by atoms with E-state index >= 15 is 0 Å². The molecule has 0 amide bonds. The Labute approximate surface area is 182 Å². The Morgan fingerprint density at radius 3 is 2.42 bits per heavy atom. The number of ether oxygens (including phenoxy) is 3. The van der Waals surface area contributed by atoms with Crippen LogP contribution in [0.15, 0.2) is 47.7 Å². The van der Waals surface area contributed by atoms with Crippen molar-refractivity contribution in [3.05, 3.63) is 58.3 Å². The molecule has 0 aliphatic carbocycles. The first-order valence-electron chi connectivity index (χ1n) is 9.31. The second-order valence-electron chi connectivity index (χ2n) is 6.81. The van der Waals surface area contributed by atoms with Gasteiger partial charge in [-0.3, -0.25) is 0 Å². The highest BCUT2D eigenvalue weighted by Gasteiger charge is 2.32. The minimum absolute atomic E-state index is 0.0537. The Bertz CT molecular complexity index is 1220. The van der Waals surface area contributed by atoms with Crippen LogP contribution >= 0.6 is 11.6 Å². The fraction of sp³-hybridized carbons (Fsp3) is 0.238. The highest BCUT2D eigenvalue weighted by molar-refractivity contribution is 6.31. The lowest BCUT2D eigenvalue weighted by Crippen LogP contribution is -2.38. The lowest BCUT2D eigenvalue weighted by Gasteiger charge is -2.31. The third kappa shape index (κ3) is 3.85. The summed E-state index contributed by atoms with van der Waals surface area (Å²) < 4.78 is 15.2. The molecular weight excluding hydrogens is 424 g/mol. The van der Waals surface area contributed by atoms with Gasteiger partial charge in [0.2, 0.25) is 0 Å². The van der Waals surface area contributed by atoms with Crippen molar-refractivity contribution in [2.24, 2.45) is 0 Å². The summed E-state index contributed by atoms with van der Waals surface area (Å²) in [5, 5.41) is 9.63. The second-order valence-corrected chi connectivity index (χ2v) is 7.22. The monoisotopic (exact) mass is 442 g/mol. The molecule has 0 bridgehead atoms. The van der Waals surface area contributed by atoms with E-state index in [1.54, 1.807) is 29.2 Å². The van der Waals surface area contributed by atoms with Crippen LogP contribution in [-0.2, 0) is 23.8 Å². The molecule has 0 spiro atoms. The van der Waals surface area contributed by atoms with Crippen LogP contribution in [0.2, 0.25) is 5.02 Å². The third-order valence-corrected chi connectivity index (χ3v) is 5.30. The molecule has 31 heavy (non-hydrogen) atoms. The quantitative estimate of drug-likeness (QED) is 0.569. The lowest BCUT2D eigenvalue weighted by molar-refractivity contribution is -0.140. The highest BCUT2D eigenvalue weighted by atomic mass is 35.5. The van der Waals surface area contributed by atoms with E-state index in [1.165, 1.54) is 19.0 Å². The summed E-state index contributed by atoms with van der Waals surface area (Å²) in [6.45, 7) is 1.92. The normalized spacial score (nSPS) is 14.1. The van der Waals surface area contributed by atoms with Gasteiger partial charge in [0, 0.05) is 10.7 Å². The summed E-state index contributed by atoms with van der Waals surface area (Å²) in [7, 11) is 2.49. The van der Waals surface area contributed by atoms with Crippen molar-refractivity contribution in [2.75, 3.05) is 32.5 Å². The minimum Gasteiger partial charge on any atom is -0.466 e. The van der Waals surface area contributed by atoms with Crippen molar-refractivity contribution in [2.45, 2.75) is 6.92 Å². The average Bonchev–Trinajstić information content (AvgIpc) is 3.22. The standard InChI is InChI=1S/C21H19ClN4O5/c1-12-4-5-14(8-16(12)22)26-23-17-7-6-13(9-18(17)24-26)25-11-31-10-15(20(27)29-2)19(25)21(28)30-3/h4-9H,10-11H2,1-3H3. The number of benzene rings is 2. The van der Waals surface area contributed by atoms with Crippen molar-refractivity contribution in [3.8, 4) is 5.69 Å². The van der Waals surface area contributed by atoms with Crippen LogP contribution in [0.3, 0.4) is 0 Å². The number of hydrogen-bond donors (Lipinski definition) is 0. The maximum Gasteiger partial charge on any atom is 0.355 e. The zero-order chi connectivity index (χ0) is 22.1. The summed E-state index contributed by atoms with van der Waals surface area (Å²) in [6.07, 6.45) is 0. The molecule has 1 aliphatic heterocycles. The van der Waals surface area contributed by atoms with Crippen LogP contribution in [0.4, 0.5) is 5.69 Å². The fourth-order valence-electron chi connectivity index (χ4n) is 3.24. The number of nitrogens with zero attached hydrogens (tertiary/aromatic N) is 4. The molecule has 0 radical (unpaired) electrons. The molecule has 3 aromatic rings. The van der Waals surface area contributed by atoms with Crippen LogP contribution < -0.4 is 4.90 Å². The van der Waals surface area contributed by atoms with E-state index in [9.17, 15) is 9.59 Å². The van der Waals surface area contributed by atoms with Crippen molar-refractivity contribution in [1.82, 2.24) is 15.0 Å². The molecule has 0 unspecified atom stereocenters. The van der Waals surface area contributed by atoms with E-state index in [2.05, 4.69) is 10.2 Å². The maximum atomic E-state index is 12.5. The molecule has 0 fully saturated rings. The van der Waals surface area contributed by atoms with Gasteiger partial charge in [-0.1, -0.05) is 17.7 Å². The number of halogens is 1. The number of methoxy groups -OCH3 is 2. The fourth-order valence-corrected chi connectivity index (χ4v) is 3.41. The molecule has 0 atom stereocenters. The summed E-state index contributed by atoms with van der Waals surface area (Å²) in [4.78, 5) is 27.7. The first kappa shape index (κ1) is 20.8. The van der Waals surface area contributed by atoms with Gasteiger partial charge in [0.15, 0.2) is 0 Å². The van der Waals surface area contributed by atoms with Crippen LogP contribution in [0, 0.1) is 6.92 Å². The van der Waals surface area contributed by atoms with E-state index in [0.29, 0.717) is 21.7 Å². The van der Waals surface area contributed by atoms with Crippen molar-refractivity contribution in [3.63, 3.8) is 0 Å². The topological polar surface area (TPSA) is 95.8 Å². The van der Waals surface area contributed by atoms with Gasteiger partial charge in [0.1, 0.15) is 23.5 Å². The van der Waals surface area contributed by atoms with Crippen LogP contribution in [-0.4, -0.2) is 54.5 Å². The Morgan fingerprint density at radius 2 is 1.71 bits per heavy atom. The van der Waals surface area contributed by atoms with E-state index in [4.69, 9.17) is 25.8 Å². The number of carbonyl (C=O) groups excluding carboxylic acids is 2. The van der Waals surface area contributed by atoms with Gasteiger partial charge in [0.25, 0.3) is 0 Å². The zero-order valence-corrected chi connectivity index (χ0v) is 17.8. The summed E-state index contributed by atoms with van der Waals surface area (Å²) >= 11 is 6.22. The molecule has 2 heterocycles. The first-order valence-corrected chi connectivity index (χ1v) is 9.69. The second kappa shape index (κ2) is 8.37. The van der Waals surface area contributed by atoms with Gasteiger partial charge in [0.05, 0.1) is 32.1 Å². The van der Waals surface area contributed by atoms with E-state index in [1.807, 2.05) is 19.1 Å². The van der Waals surface area contributed by atoms with Crippen LogP contribution in [0.5, 0.6) is 0 Å². The number of anilines is 1. The summed E-state index contributed by atoms with van der Waals surface area (Å²) in [5.74, 6) is -1.32. The van der Waals surface area contributed by atoms with Crippen LogP contribution in [0.1, 0.15) is 5.56 Å². The maximum absolute atomic E-state index is 12.5. The average molecular weight is 443 g/mol. The number of fused-ring (bicyclic) bond motifs is 1. The largest absolute Gasteiger partial charge is 0.466 e. The van der Waals surface area contributed by atoms with Crippen molar-refractivity contribution < 1.29 is 23.8 Å². The summed E-state index contributed by atoms with van der Waals surface area (Å²) in [6, 6.07) is 10.8. The Balaban J connectivity index is 1.77. The Morgan fingerprint density at radius 1 is 1.00 bits per heavy atom. The SMILES string of the molecule is COC(=O)C1=C(C(=O)OC)N(c2ccc3nn(-c4ccc(C)c(Cl)c4)nc3c2)COC1. The van der Waals surface area contributed by atoms with E-state index in [0.717, 1.165) is 11.3 Å². The number of carbonyl (C=O) groups is 2. The highest BCUT2D eigenvalue weighted by Crippen LogP contribution is 2.29. The first-order chi connectivity index (χ1) is 14.9. The molecule has 160 valence electrons. The predicted octanol–water partition coefficient (Wildman–Crippen LogP) is 2.78. The molecule has 1 aromatic heterocycles. The number of hydrogen-bond acceptors (Lipinski definition) is 8. The molecule has 9 nitrogen and oxygen atoms in total. The molecule has 4 rings (SSSR count). The molecule has 0 saturated heterocycles. The van der Waals surface area contributed by atoms with Crippen molar-refractivity contribution >= 4 is 40.3 Å². The van der Waals surface area contributed by atoms with Gasteiger partial charge >= 0.3 is 11.9 Å². The van der Waals surface area contributed by atoms with Gasteiger partial charge in [-0.25, -0.2) is 9.59 Å². The molecule has 10 heteroatoms. The van der Waals surface area contributed by atoms with E-state index in [-0.39, 0.29) is 24.6 Å². The molecular formula is C21H19ClN4O5. The Hall–Kier alpha value is -3.43. The summed E-state index contributed by atoms with van der Waals surface area (Å²) in [5.41, 5.74) is 3.65. The van der Waals surface area contributed by atoms with Gasteiger partial charge in [-0.05, 0) is 42.8 Å². The molecule has 2 aromatic carbocycles. The predicted molar refractivity (Wildman–Crippen MR) is 113 cm³/mol. The number of rotatable bonds is 4. The van der Waals surface area contributed by atoms with Crippen molar-refractivity contribution in [1.29, 1.82) is 0 Å². The van der Waals surface area contributed by atoms with Crippen LogP contribution in [0.25, 0.3) is 16.7 Å². The van der Waals surface area contributed by atoms with E-state index < -0.39 is 11.9 Å². The lowest BCUT2D eigenvalue weighted by atomic mass is 10.1. The van der Waals surface area contributed by atoms with Gasteiger partial charge in [-0.15, -0.1) is 10.2 Å². The zero-order valence-electron chi connectivity index (χ0n) is 17.1. The molecule has 1 aliphatic rings. The third-order valence-electron chi connectivity index (χ3n) is 4.90. The molecule has 0 saturated carbocycles.